The van der Waals surface area contributed by atoms with Crippen LogP contribution in [0, 0.1) is 5.92 Å². The number of ether oxygens (including phenoxy) is 2. The van der Waals surface area contributed by atoms with Crippen molar-refractivity contribution in [3.05, 3.63) is 71.2 Å². The van der Waals surface area contributed by atoms with Crippen LogP contribution in [0.1, 0.15) is 24.8 Å². The van der Waals surface area contributed by atoms with E-state index in [1.807, 2.05) is 30.4 Å². The minimum atomic E-state index is -0.296. The molecule has 0 fully saturated rings. The highest BCUT2D eigenvalue weighted by atomic mass is 16.5. The summed E-state index contributed by atoms with van der Waals surface area (Å²) in [5, 5.41) is 2.89. The van der Waals surface area contributed by atoms with Crippen molar-refractivity contribution < 1.29 is 19.1 Å². The molecule has 0 spiro atoms. The quantitative estimate of drug-likeness (QED) is 0.698. The van der Waals surface area contributed by atoms with Crippen LogP contribution < -0.4 is 5.32 Å². The number of allylic oxidation sites excluding steroid dienone is 4. The van der Waals surface area contributed by atoms with Gasteiger partial charge in [0.1, 0.15) is 17.2 Å². The Hall–Kier alpha value is -3.15. The monoisotopic (exact) mass is 394 g/mol. The summed E-state index contributed by atoms with van der Waals surface area (Å²) in [4.78, 5) is 28.7. The first-order valence-electron chi connectivity index (χ1n) is 9.77. The molecule has 1 aromatic carbocycles. The van der Waals surface area contributed by atoms with Gasteiger partial charge >= 0.3 is 0 Å². The predicted molar refractivity (Wildman–Crippen MR) is 111 cm³/mol. The number of carbonyl (C=O) groups is 2. The highest BCUT2D eigenvalue weighted by Gasteiger charge is 2.32. The van der Waals surface area contributed by atoms with Gasteiger partial charge in [0, 0.05) is 18.5 Å². The number of carbonyl (C=O) groups excluding carboxylic acids is 2. The first kappa shape index (κ1) is 20.6. The molecule has 0 bridgehead atoms. The topological polar surface area (TPSA) is 77.0 Å². The number of nitrogens with zero attached hydrogens (tertiary/aromatic N) is 1. The van der Waals surface area contributed by atoms with Crippen molar-refractivity contribution in [2.45, 2.75) is 25.7 Å². The molecule has 1 atom stereocenters. The third-order valence-electron chi connectivity index (χ3n) is 5.00. The summed E-state index contributed by atoms with van der Waals surface area (Å²) in [5.74, 6) is 0.725. The van der Waals surface area contributed by atoms with E-state index < -0.39 is 0 Å². The molecule has 29 heavy (non-hydrogen) atoms. The number of fused-ring (bicyclic) bond motifs is 1. The molecule has 1 N–H and O–H groups in total. The third kappa shape index (κ3) is 5.22. The highest BCUT2D eigenvalue weighted by molar-refractivity contribution is 6.15. The fourth-order valence-corrected chi connectivity index (χ4v) is 3.45. The molecule has 1 unspecified atom stereocenters. The third-order valence-corrected chi connectivity index (χ3v) is 5.00. The lowest BCUT2D eigenvalue weighted by Crippen LogP contribution is -2.30. The van der Waals surface area contributed by atoms with E-state index in [0.29, 0.717) is 42.2 Å². The molecule has 1 aliphatic carbocycles. The van der Waals surface area contributed by atoms with Gasteiger partial charge in [0.2, 0.25) is 5.91 Å². The van der Waals surface area contributed by atoms with Gasteiger partial charge < -0.3 is 14.8 Å². The van der Waals surface area contributed by atoms with Gasteiger partial charge in [0.25, 0.3) is 5.91 Å². The van der Waals surface area contributed by atoms with E-state index in [4.69, 9.17) is 9.47 Å². The molecule has 0 aromatic heterocycles. The summed E-state index contributed by atoms with van der Waals surface area (Å²) < 4.78 is 10.7. The second-order valence-corrected chi connectivity index (χ2v) is 6.92. The van der Waals surface area contributed by atoms with E-state index in [1.54, 1.807) is 20.3 Å². The van der Waals surface area contributed by atoms with Gasteiger partial charge in [0.15, 0.2) is 0 Å². The number of rotatable bonds is 9. The molecule has 6 nitrogen and oxygen atoms in total. The van der Waals surface area contributed by atoms with Gasteiger partial charge in [-0.3, -0.25) is 9.59 Å². The first-order chi connectivity index (χ1) is 14.1. The second-order valence-electron chi connectivity index (χ2n) is 6.92. The zero-order valence-electron chi connectivity index (χ0n) is 16.8. The minimum absolute atomic E-state index is 0.00581. The number of hydrogen-bond donors (Lipinski definition) is 1. The van der Waals surface area contributed by atoms with Gasteiger partial charge in [-0.1, -0.05) is 36.4 Å². The van der Waals surface area contributed by atoms with Crippen molar-refractivity contribution in [3.8, 4) is 0 Å². The van der Waals surface area contributed by atoms with Crippen LogP contribution in [0.2, 0.25) is 0 Å². The molecule has 2 amide bonds. The Morgan fingerprint density at radius 2 is 1.90 bits per heavy atom. The predicted octanol–water partition coefficient (Wildman–Crippen LogP) is 3.11. The maximum absolute atomic E-state index is 12.4. The van der Waals surface area contributed by atoms with Gasteiger partial charge in [-0.2, -0.15) is 0 Å². The van der Waals surface area contributed by atoms with E-state index in [-0.39, 0.29) is 17.7 Å². The maximum atomic E-state index is 12.4. The molecule has 1 heterocycles. The van der Waals surface area contributed by atoms with Crippen molar-refractivity contribution in [2.24, 2.45) is 10.9 Å². The normalized spacial score (nSPS) is 18.0. The van der Waals surface area contributed by atoms with Crippen molar-refractivity contribution >= 4 is 17.5 Å². The summed E-state index contributed by atoms with van der Waals surface area (Å²) >= 11 is 0. The maximum Gasteiger partial charge on any atom is 0.273 e. The van der Waals surface area contributed by atoms with Crippen molar-refractivity contribution in [1.82, 2.24) is 5.32 Å². The van der Waals surface area contributed by atoms with Crippen LogP contribution >= 0.6 is 0 Å². The van der Waals surface area contributed by atoms with Crippen molar-refractivity contribution in [3.63, 3.8) is 0 Å². The lowest BCUT2D eigenvalue weighted by molar-refractivity contribution is -0.121. The highest BCUT2D eigenvalue weighted by Crippen LogP contribution is 2.30. The Bertz CT molecular complexity index is 881. The van der Waals surface area contributed by atoms with Crippen molar-refractivity contribution in [2.75, 3.05) is 20.8 Å². The number of amides is 2. The van der Waals surface area contributed by atoms with E-state index in [9.17, 15) is 9.59 Å². The minimum Gasteiger partial charge on any atom is -0.500 e. The zero-order valence-corrected chi connectivity index (χ0v) is 16.8. The van der Waals surface area contributed by atoms with Crippen molar-refractivity contribution in [1.29, 1.82) is 0 Å². The van der Waals surface area contributed by atoms with Crippen LogP contribution in [-0.2, 0) is 25.5 Å². The standard InChI is InChI=1S/C23H26N2O4/c1-28-19-11-12-20(29-2)22-18(19)15-17(23(27)25-22)13-14-24-21(26)10-6-9-16-7-4-3-5-8-16/h3-5,7-8,11-12,15,18H,6,9-10,13-14H2,1-2H3,(H,24,26). The van der Waals surface area contributed by atoms with E-state index in [1.165, 1.54) is 5.56 Å². The Balaban J connectivity index is 1.49. The largest absolute Gasteiger partial charge is 0.500 e. The molecular formula is C23H26N2O4. The molecule has 1 aromatic rings. The van der Waals surface area contributed by atoms with Crippen LogP contribution in [0.25, 0.3) is 0 Å². The number of hydrogen-bond acceptors (Lipinski definition) is 4. The second kappa shape index (κ2) is 9.87. The number of nitrogens with one attached hydrogen (secondary N) is 1. The van der Waals surface area contributed by atoms with Crippen LogP contribution in [-0.4, -0.2) is 38.3 Å². The molecule has 6 heteroatoms. The number of methoxy groups -OCH3 is 2. The molecule has 152 valence electrons. The Morgan fingerprint density at radius 3 is 2.62 bits per heavy atom. The van der Waals surface area contributed by atoms with Gasteiger partial charge in [0.05, 0.1) is 20.1 Å². The van der Waals surface area contributed by atoms with Crippen LogP contribution in [0.5, 0.6) is 0 Å². The van der Waals surface area contributed by atoms with E-state index in [2.05, 4.69) is 22.4 Å². The summed E-state index contributed by atoms with van der Waals surface area (Å²) in [6.07, 6.45) is 7.98. The Labute approximate surface area is 171 Å². The van der Waals surface area contributed by atoms with Gasteiger partial charge in [-0.25, -0.2) is 4.99 Å². The summed E-state index contributed by atoms with van der Waals surface area (Å²) in [5.41, 5.74) is 2.36. The average Bonchev–Trinajstić information content (AvgIpc) is 2.74. The van der Waals surface area contributed by atoms with Crippen LogP contribution in [0.3, 0.4) is 0 Å². The molecule has 2 aliphatic rings. The van der Waals surface area contributed by atoms with E-state index in [0.717, 1.165) is 12.8 Å². The molecule has 0 radical (unpaired) electrons. The fraction of sp³-hybridized carbons (Fsp3) is 0.348. The lowest BCUT2D eigenvalue weighted by Gasteiger charge is -2.26. The molecule has 0 saturated carbocycles. The SMILES string of the molecule is COC1=CC=C(OC)C2C=C(CCNC(=O)CCCc3ccccc3)C(=O)N=C12. The lowest BCUT2D eigenvalue weighted by atomic mass is 9.89. The first-order valence-corrected chi connectivity index (χ1v) is 9.77. The molecule has 0 saturated heterocycles. The number of aliphatic imine (C=N–C) groups is 1. The number of aryl methyl sites for hydroxylation is 1. The van der Waals surface area contributed by atoms with Crippen LogP contribution in [0.15, 0.2) is 70.6 Å². The summed E-state index contributed by atoms with van der Waals surface area (Å²) in [7, 11) is 3.14. The molecule has 3 rings (SSSR count). The van der Waals surface area contributed by atoms with E-state index >= 15 is 0 Å². The molecular weight excluding hydrogens is 368 g/mol. The summed E-state index contributed by atoms with van der Waals surface area (Å²) in [6.45, 7) is 0.401. The Kier molecular flexibility index (Phi) is 7.00. The smallest absolute Gasteiger partial charge is 0.273 e. The number of benzene rings is 1. The van der Waals surface area contributed by atoms with Gasteiger partial charge in [-0.15, -0.1) is 0 Å². The van der Waals surface area contributed by atoms with Crippen LogP contribution in [0.4, 0.5) is 0 Å². The fourth-order valence-electron chi connectivity index (χ4n) is 3.45. The average molecular weight is 394 g/mol. The zero-order chi connectivity index (χ0) is 20.6. The summed E-state index contributed by atoms with van der Waals surface area (Å²) in [6, 6.07) is 10.1. The van der Waals surface area contributed by atoms with Gasteiger partial charge in [-0.05, 0) is 37.0 Å². The molecule has 1 aliphatic heterocycles. The Morgan fingerprint density at radius 1 is 1.10 bits per heavy atom. The number of dihydropyridines is 1.